The van der Waals surface area contributed by atoms with Crippen molar-refractivity contribution >= 4 is 21.3 Å². The van der Waals surface area contributed by atoms with Gasteiger partial charge < -0.3 is 35.1 Å². The molecular formula is C6H13NO8P2. The summed E-state index contributed by atoms with van der Waals surface area (Å²) in [5, 5.41) is 0. The summed E-state index contributed by atoms with van der Waals surface area (Å²) in [4.78, 5) is 43.1. The van der Waals surface area contributed by atoms with Gasteiger partial charge in [-0.3, -0.25) is 0 Å². The van der Waals surface area contributed by atoms with Crippen LogP contribution in [0.1, 0.15) is 0 Å². The Bertz CT molecular complexity index is 348. The Morgan fingerprint density at radius 2 is 1.00 bits per heavy atom. The summed E-state index contributed by atoms with van der Waals surface area (Å²) in [6, 6.07) is 9.49. The van der Waals surface area contributed by atoms with Crippen molar-refractivity contribution < 1.29 is 38.5 Å². The normalized spacial score (nSPS) is 10.5. The molecule has 0 spiro atoms. The third kappa shape index (κ3) is 51.0. The predicted molar refractivity (Wildman–Crippen MR) is 59.4 cm³/mol. The van der Waals surface area contributed by atoms with Gasteiger partial charge in [-0.2, -0.15) is 0 Å². The number of benzene rings is 1. The zero-order valence-corrected chi connectivity index (χ0v) is 10.1. The SMILES string of the molecule is Nc1ccccc1.O=P(O)(O)O.O=P(O)(O)O. The van der Waals surface area contributed by atoms with Gasteiger partial charge in [-0.1, -0.05) is 18.2 Å². The van der Waals surface area contributed by atoms with Gasteiger partial charge in [-0.15, -0.1) is 0 Å². The lowest BCUT2D eigenvalue weighted by molar-refractivity contribution is 0.272. The van der Waals surface area contributed by atoms with Crippen LogP contribution in [0.3, 0.4) is 0 Å². The van der Waals surface area contributed by atoms with Gasteiger partial charge in [0.05, 0.1) is 0 Å². The standard InChI is InChI=1S/C6H7N.2H3O4P/c7-6-4-2-1-3-5-6;2*1-5(2,3)4/h1-5H,7H2;2*(H3,1,2,3,4). The number of hydrogen-bond acceptors (Lipinski definition) is 3. The van der Waals surface area contributed by atoms with Crippen molar-refractivity contribution in [3.63, 3.8) is 0 Å². The summed E-state index contributed by atoms with van der Waals surface area (Å²) in [5.41, 5.74) is 6.18. The minimum absolute atomic E-state index is 0.822. The molecule has 100 valence electrons. The van der Waals surface area contributed by atoms with Gasteiger partial charge in [0.25, 0.3) is 0 Å². The van der Waals surface area contributed by atoms with Gasteiger partial charge in [0.2, 0.25) is 0 Å². The number of nitrogens with two attached hydrogens (primary N) is 1. The molecule has 1 aromatic rings. The number of rotatable bonds is 0. The van der Waals surface area contributed by atoms with E-state index in [2.05, 4.69) is 0 Å². The molecule has 0 saturated carbocycles. The Kier molecular flexibility index (Phi) is 9.13. The lowest BCUT2D eigenvalue weighted by Gasteiger charge is -1.83. The Morgan fingerprint density at radius 3 is 1.12 bits per heavy atom. The summed E-state index contributed by atoms with van der Waals surface area (Å²) in [7, 11) is -9.28. The molecule has 0 heterocycles. The molecule has 17 heavy (non-hydrogen) atoms. The Labute approximate surface area is 96.6 Å². The quantitative estimate of drug-likeness (QED) is 0.242. The lowest BCUT2D eigenvalue weighted by Crippen LogP contribution is -1.79. The van der Waals surface area contributed by atoms with E-state index in [9.17, 15) is 0 Å². The molecule has 0 aromatic heterocycles. The number of anilines is 1. The third-order valence-corrected chi connectivity index (χ3v) is 0.800. The highest BCUT2D eigenvalue weighted by atomic mass is 31.2. The largest absolute Gasteiger partial charge is 0.466 e. The monoisotopic (exact) mass is 289 g/mol. The van der Waals surface area contributed by atoms with Crippen molar-refractivity contribution in [1.29, 1.82) is 0 Å². The second kappa shape index (κ2) is 8.35. The van der Waals surface area contributed by atoms with Crippen molar-refractivity contribution in [2.24, 2.45) is 0 Å². The molecule has 0 aliphatic rings. The van der Waals surface area contributed by atoms with E-state index in [1.54, 1.807) is 0 Å². The molecule has 0 unspecified atom stereocenters. The molecule has 0 fully saturated rings. The fourth-order valence-corrected chi connectivity index (χ4v) is 0.453. The van der Waals surface area contributed by atoms with Gasteiger partial charge in [0, 0.05) is 5.69 Å². The van der Waals surface area contributed by atoms with Crippen LogP contribution in [-0.4, -0.2) is 29.4 Å². The summed E-state index contributed by atoms with van der Waals surface area (Å²) in [5.74, 6) is 0. The maximum absolute atomic E-state index is 8.88. The second-order valence-corrected chi connectivity index (χ2v) is 4.49. The van der Waals surface area contributed by atoms with Crippen LogP contribution < -0.4 is 5.73 Å². The summed E-state index contributed by atoms with van der Waals surface area (Å²) in [6.07, 6.45) is 0. The van der Waals surface area contributed by atoms with Crippen molar-refractivity contribution in [2.75, 3.05) is 5.73 Å². The van der Waals surface area contributed by atoms with E-state index in [-0.39, 0.29) is 0 Å². The fraction of sp³-hybridized carbons (Fsp3) is 0. The lowest BCUT2D eigenvalue weighted by atomic mass is 10.3. The van der Waals surface area contributed by atoms with E-state index in [0.717, 1.165) is 5.69 Å². The van der Waals surface area contributed by atoms with Crippen molar-refractivity contribution in [1.82, 2.24) is 0 Å². The van der Waals surface area contributed by atoms with Crippen LogP contribution in [-0.2, 0) is 9.13 Å². The van der Waals surface area contributed by atoms with E-state index >= 15 is 0 Å². The zero-order valence-electron chi connectivity index (χ0n) is 8.36. The molecule has 0 bridgehead atoms. The van der Waals surface area contributed by atoms with Crippen LogP contribution in [0.5, 0.6) is 0 Å². The van der Waals surface area contributed by atoms with Crippen LogP contribution >= 0.6 is 15.6 Å². The van der Waals surface area contributed by atoms with Crippen LogP contribution in [0.15, 0.2) is 30.3 Å². The molecule has 0 atom stereocenters. The van der Waals surface area contributed by atoms with Gasteiger partial charge in [0.1, 0.15) is 0 Å². The van der Waals surface area contributed by atoms with Gasteiger partial charge >= 0.3 is 15.6 Å². The summed E-state index contributed by atoms with van der Waals surface area (Å²) < 4.78 is 17.8. The van der Waals surface area contributed by atoms with Gasteiger partial charge in [-0.25, -0.2) is 9.13 Å². The third-order valence-electron chi connectivity index (χ3n) is 0.800. The van der Waals surface area contributed by atoms with Gasteiger partial charge in [0.15, 0.2) is 0 Å². The second-order valence-electron chi connectivity index (χ2n) is 2.44. The Balaban J connectivity index is 0. The van der Waals surface area contributed by atoms with E-state index in [0.29, 0.717) is 0 Å². The summed E-state index contributed by atoms with van der Waals surface area (Å²) in [6.45, 7) is 0. The van der Waals surface area contributed by atoms with Crippen LogP contribution in [0.25, 0.3) is 0 Å². The fourth-order valence-electron chi connectivity index (χ4n) is 0.453. The highest BCUT2D eigenvalue weighted by Gasteiger charge is 2.00. The highest BCUT2D eigenvalue weighted by molar-refractivity contribution is 7.45. The topological polar surface area (TPSA) is 182 Å². The highest BCUT2D eigenvalue weighted by Crippen LogP contribution is 2.26. The first-order valence-corrected chi connectivity index (χ1v) is 6.89. The van der Waals surface area contributed by atoms with Gasteiger partial charge in [-0.05, 0) is 12.1 Å². The number of para-hydroxylation sites is 1. The van der Waals surface area contributed by atoms with Crippen molar-refractivity contribution in [2.45, 2.75) is 0 Å². The van der Waals surface area contributed by atoms with Crippen LogP contribution in [0.2, 0.25) is 0 Å². The smallest absolute Gasteiger partial charge is 0.399 e. The van der Waals surface area contributed by atoms with E-state index in [1.165, 1.54) is 0 Å². The molecule has 9 nitrogen and oxygen atoms in total. The van der Waals surface area contributed by atoms with E-state index in [1.807, 2.05) is 30.3 Å². The first-order chi connectivity index (χ1) is 7.39. The average Bonchev–Trinajstić information content (AvgIpc) is 1.98. The first kappa shape index (κ1) is 18.6. The zero-order chi connectivity index (χ0) is 14.1. The Hall–Kier alpha value is -0.760. The molecule has 0 aliphatic heterocycles. The van der Waals surface area contributed by atoms with Crippen LogP contribution in [0.4, 0.5) is 5.69 Å². The van der Waals surface area contributed by atoms with Crippen LogP contribution in [0, 0.1) is 0 Å². The minimum atomic E-state index is -4.64. The number of phosphoric acid groups is 2. The van der Waals surface area contributed by atoms with E-state index in [4.69, 9.17) is 44.2 Å². The summed E-state index contributed by atoms with van der Waals surface area (Å²) >= 11 is 0. The molecule has 1 rings (SSSR count). The maximum atomic E-state index is 8.88. The molecule has 8 N–H and O–H groups in total. The molecule has 0 amide bonds. The Morgan fingerprint density at radius 1 is 0.765 bits per heavy atom. The average molecular weight is 289 g/mol. The van der Waals surface area contributed by atoms with Crippen molar-refractivity contribution in [3.8, 4) is 0 Å². The predicted octanol–water partition coefficient (Wildman–Crippen LogP) is -0.588. The maximum Gasteiger partial charge on any atom is 0.466 e. The molecule has 0 radical (unpaired) electrons. The minimum Gasteiger partial charge on any atom is -0.399 e. The molecule has 0 aliphatic carbocycles. The van der Waals surface area contributed by atoms with Crippen molar-refractivity contribution in [3.05, 3.63) is 30.3 Å². The number of nitrogen functional groups attached to an aromatic ring is 1. The molecular weight excluding hydrogens is 276 g/mol. The van der Waals surface area contributed by atoms with E-state index < -0.39 is 15.6 Å². The molecule has 1 aromatic carbocycles. The number of hydrogen-bond donors (Lipinski definition) is 7. The first-order valence-electron chi connectivity index (χ1n) is 3.76. The molecule has 0 saturated heterocycles. The molecule has 11 heteroatoms.